The van der Waals surface area contributed by atoms with Crippen LogP contribution in [0.25, 0.3) is 0 Å². The number of rotatable bonds is 47. The van der Waals surface area contributed by atoms with Crippen LogP contribution in [0, 0.1) is 5.92 Å². The molecular formula is C58H112N2O15. The molecule has 2 aliphatic rings. The predicted molar refractivity (Wildman–Crippen MR) is 291 cm³/mol. The second-order valence-electron chi connectivity index (χ2n) is 22.4. The highest BCUT2D eigenvalue weighted by molar-refractivity contribution is 5.80. The second kappa shape index (κ2) is 43.2. The summed E-state index contributed by atoms with van der Waals surface area (Å²) in [5.41, 5.74) is 0. The molecule has 0 bridgehead atoms. The van der Waals surface area contributed by atoms with Gasteiger partial charge >= 0.3 is 0 Å². The molecule has 2 rings (SSSR count). The Morgan fingerprint density at radius 1 is 0.533 bits per heavy atom. The van der Waals surface area contributed by atoms with Crippen molar-refractivity contribution >= 4 is 11.8 Å². The number of hydrogen-bond donors (Lipinski definition) is 11. The van der Waals surface area contributed by atoms with E-state index in [1.807, 2.05) is 0 Å². The molecule has 15 unspecified atom stereocenters. The molecule has 2 heterocycles. The SMILES string of the molecule is CCCCCCCCCCCCCCCCCCCCCCC(O)C(=O)NC(COC1OC(CO)C(OC2OC(CO)C(O)C(O)C2NC(C)=O)C(O)C1O)C(O)C(O)CCCCCCCCCCCCC(C)CC. The van der Waals surface area contributed by atoms with Crippen LogP contribution >= 0.6 is 0 Å². The molecule has 444 valence electrons. The van der Waals surface area contributed by atoms with Crippen LogP contribution in [0.2, 0.25) is 0 Å². The van der Waals surface area contributed by atoms with Gasteiger partial charge in [0.2, 0.25) is 11.8 Å². The van der Waals surface area contributed by atoms with Crippen LogP contribution in [-0.4, -0.2) is 163 Å². The van der Waals surface area contributed by atoms with Crippen LogP contribution in [0.15, 0.2) is 0 Å². The lowest BCUT2D eigenvalue weighted by atomic mass is 9.95. The third-order valence-corrected chi connectivity index (χ3v) is 15.7. The highest BCUT2D eigenvalue weighted by Crippen LogP contribution is 2.30. The maximum atomic E-state index is 13.4. The van der Waals surface area contributed by atoms with Crippen molar-refractivity contribution in [3.05, 3.63) is 0 Å². The van der Waals surface area contributed by atoms with Crippen molar-refractivity contribution in [1.82, 2.24) is 10.6 Å². The largest absolute Gasteiger partial charge is 0.394 e. The van der Waals surface area contributed by atoms with Gasteiger partial charge in [0, 0.05) is 6.92 Å². The molecule has 15 atom stereocenters. The van der Waals surface area contributed by atoms with Crippen molar-refractivity contribution < 1.29 is 74.5 Å². The van der Waals surface area contributed by atoms with Gasteiger partial charge in [-0.25, -0.2) is 0 Å². The van der Waals surface area contributed by atoms with Crippen LogP contribution < -0.4 is 10.6 Å². The lowest BCUT2D eigenvalue weighted by Crippen LogP contribution is -2.67. The van der Waals surface area contributed by atoms with E-state index in [1.165, 1.54) is 148 Å². The summed E-state index contributed by atoms with van der Waals surface area (Å²) in [4.78, 5) is 25.4. The molecule has 0 aliphatic carbocycles. The first-order valence-corrected chi connectivity index (χ1v) is 30.3. The van der Waals surface area contributed by atoms with E-state index in [2.05, 4.69) is 31.4 Å². The number of nitrogens with one attached hydrogen (secondary N) is 2. The van der Waals surface area contributed by atoms with Crippen molar-refractivity contribution in [3.63, 3.8) is 0 Å². The van der Waals surface area contributed by atoms with Crippen molar-refractivity contribution in [2.75, 3.05) is 19.8 Å². The quantitative estimate of drug-likeness (QED) is 0.0267. The summed E-state index contributed by atoms with van der Waals surface area (Å²) in [6.45, 7) is 5.93. The van der Waals surface area contributed by atoms with Gasteiger partial charge in [0.25, 0.3) is 0 Å². The van der Waals surface area contributed by atoms with E-state index in [0.29, 0.717) is 12.8 Å². The standard InChI is InChI=1S/C58H112N2O15/c1-5-7-8-9-10-11-12-13-14-15-16-17-18-19-20-21-26-29-32-35-38-46(65)56(71)60-44(50(66)45(64)37-34-31-28-25-23-22-24-27-30-33-36-42(3)6-2)41-72-58-54(70)53(69)55(48(40-62)74-58)75-57-49(59-43(4)63)52(68)51(67)47(39-61)73-57/h42,44-55,57-58,61-62,64-70H,5-41H2,1-4H3,(H,59,63)(H,60,71). The molecule has 0 saturated carbocycles. The minimum Gasteiger partial charge on any atom is -0.394 e. The van der Waals surface area contributed by atoms with Gasteiger partial charge in [-0.2, -0.15) is 0 Å². The van der Waals surface area contributed by atoms with Crippen LogP contribution in [0.1, 0.15) is 246 Å². The maximum absolute atomic E-state index is 13.4. The van der Waals surface area contributed by atoms with Crippen molar-refractivity contribution in [2.24, 2.45) is 5.92 Å². The smallest absolute Gasteiger partial charge is 0.249 e. The Morgan fingerprint density at radius 2 is 0.960 bits per heavy atom. The minimum atomic E-state index is -1.86. The minimum absolute atomic E-state index is 0.202. The summed E-state index contributed by atoms with van der Waals surface area (Å²) in [6.07, 6.45) is 20.2. The summed E-state index contributed by atoms with van der Waals surface area (Å²) >= 11 is 0. The fourth-order valence-electron chi connectivity index (χ4n) is 10.4. The number of amides is 2. The maximum Gasteiger partial charge on any atom is 0.249 e. The lowest BCUT2D eigenvalue weighted by molar-refractivity contribution is -0.347. The molecule has 0 aromatic carbocycles. The van der Waals surface area contributed by atoms with Gasteiger partial charge in [0.15, 0.2) is 12.6 Å². The number of carbonyl (C=O) groups is 2. The van der Waals surface area contributed by atoms with E-state index < -0.39 is 117 Å². The normalized spacial score (nSPS) is 26.1. The molecular weight excluding hydrogens is 965 g/mol. The Kier molecular flexibility index (Phi) is 40.1. The fraction of sp³-hybridized carbons (Fsp3) is 0.966. The summed E-state index contributed by atoms with van der Waals surface area (Å²) in [5, 5.41) is 102. The van der Waals surface area contributed by atoms with Gasteiger partial charge < -0.3 is 75.5 Å². The number of unbranched alkanes of at least 4 members (excludes halogenated alkanes) is 28. The highest BCUT2D eigenvalue weighted by atomic mass is 16.7. The molecule has 0 aromatic heterocycles. The van der Waals surface area contributed by atoms with Crippen molar-refractivity contribution in [1.29, 1.82) is 0 Å². The van der Waals surface area contributed by atoms with Crippen LogP contribution in [-0.2, 0) is 28.5 Å². The van der Waals surface area contributed by atoms with Crippen LogP contribution in [0.5, 0.6) is 0 Å². The third-order valence-electron chi connectivity index (χ3n) is 15.7. The van der Waals surface area contributed by atoms with Gasteiger partial charge in [0.05, 0.1) is 32.0 Å². The molecule has 0 aromatic rings. The Balaban J connectivity index is 1.89. The van der Waals surface area contributed by atoms with E-state index in [4.69, 9.17) is 18.9 Å². The molecule has 2 fully saturated rings. The zero-order chi connectivity index (χ0) is 55.2. The number of carbonyl (C=O) groups excluding carboxylic acids is 2. The van der Waals surface area contributed by atoms with Gasteiger partial charge in [-0.1, -0.05) is 226 Å². The summed E-state index contributed by atoms with van der Waals surface area (Å²) in [7, 11) is 0. The van der Waals surface area contributed by atoms with Crippen LogP contribution in [0.4, 0.5) is 0 Å². The average Bonchev–Trinajstić information content (AvgIpc) is 3.40. The number of aliphatic hydroxyl groups is 9. The molecule has 0 spiro atoms. The van der Waals surface area contributed by atoms with Gasteiger partial charge in [0.1, 0.15) is 61.0 Å². The van der Waals surface area contributed by atoms with E-state index >= 15 is 0 Å². The second-order valence-corrected chi connectivity index (χ2v) is 22.4. The Hall–Kier alpha value is -1.58. The number of aliphatic hydroxyl groups excluding tert-OH is 9. The first-order chi connectivity index (χ1) is 36.2. The lowest BCUT2D eigenvalue weighted by Gasteiger charge is -2.47. The Bertz CT molecular complexity index is 1390. The molecule has 17 nitrogen and oxygen atoms in total. The van der Waals surface area contributed by atoms with Gasteiger partial charge in [-0.3, -0.25) is 9.59 Å². The van der Waals surface area contributed by atoms with Crippen LogP contribution in [0.3, 0.4) is 0 Å². The van der Waals surface area contributed by atoms with E-state index in [9.17, 15) is 55.5 Å². The molecule has 0 radical (unpaired) electrons. The van der Waals surface area contributed by atoms with E-state index in [1.54, 1.807) is 0 Å². The molecule has 75 heavy (non-hydrogen) atoms. The molecule has 2 saturated heterocycles. The summed E-state index contributed by atoms with van der Waals surface area (Å²) in [6, 6.07) is -2.67. The highest BCUT2D eigenvalue weighted by Gasteiger charge is 2.51. The van der Waals surface area contributed by atoms with Gasteiger partial charge in [-0.15, -0.1) is 0 Å². The predicted octanol–water partition coefficient (Wildman–Crippen LogP) is 7.28. The van der Waals surface area contributed by atoms with Gasteiger partial charge in [-0.05, 0) is 18.8 Å². The van der Waals surface area contributed by atoms with Crippen molar-refractivity contribution in [3.8, 4) is 0 Å². The zero-order valence-corrected chi connectivity index (χ0v) is 47.3. The zero-order valence-electron chi connectivity index (χ0n) is 47.3. The Labute approximate surface area is 453 Å². The molecule has 11 N–H and O–H groups in total. The van der Waals surface area contributed by atoms with Crippen molar-refractivity contribution in [2.45, 2.75) is 332 Å². The summed E-state index contributed by atoms with van der Waals surface area (Å²) < 4.78 is 23.2. The summed E-state index contributed by atoms with van der Waals surface area (Å²) in [5.74, 6) is -0.574. The fourth-order valence-corrected chi connectivity index (χ4v) is 10.4. The number of ether oxygens (including phenoxy) is 4. The monoisotopic (exact) mass is 1080 g/mol. The average molecular weight is 1080 g/mol. The third kappa shape index (κ3) is 29.5. The molecule has 17 heteroatoms. The number of hydrogen-bond acceptors (Lipinski definition) is 15. The topological polar surface area (TPSA) is 277 Å². The van der Waals surface area contributed by atoms with E-state index in [0.717, 1.165) is 57.8 Å². The first-order valence-electron chi connectivity index (χ1n) is 30.3. The first kappa shape index (κ1) is 69.5. The molecule has 2 aliphatic heterocycles. The Morgan fingerprint density at radius 3 is 1.40 bits per heavy atom. The van der Waals surface area contributed by atoms with E-state index in [-0.39, 0.29) is 12.8 Å². The molecule has 2 amide bonds.